The van der Waals surface area contributed by atoms with Crippen LogP contribution in [0.15, 0.2) is 64.5 Å². The number of benzene rings is 2. The first-order chi connectivity index (χ1) is 14.7. The number of carbonyl (C=O) groups excluding carboxylic acids is 1. The molecule has 0 saturated heterocycles. The van der Waals surface area contributed by atoms with Crippen LogP contribution in [0.4, 0.5) is 0 Å². The Morgan fingerprint density at radius 3 is 2.63 bits per heavy atom. The van der Waals surface area contributed by atoms with E-state index in [9.17, 15) is 4.79 Å². The van der Waals surface area contributed by atoms with Crippen LogP contribution in [-0.4, -0.2) is 25.9 Å². The molecule has 0 atom stereocenters. The fourth-order valence-corrected chi connectivity index (χ4v) is 4.33. The average molecular weight is 480 g/mol. The van der Waals surface area contributed by atoms with Crippen molar-refractivity contribution in [3.63, 3.8) is 0 Å². The molecule has 0 aliphatic heterocycles. The number of nitrogens with zero attached hydrogens (tertiary/aromatic N) is 4. The lowest BCUT2D eigenvalue weighted by molar-refractivity contribution is 0.0944. The van der Waals surface area contributed by atoms with Crippen LogP contribution < -0.4 is 5.32 Å². The number of hydrogen-bond donors (Lipinski definition) is 1. The molecular formula is C22H18BrN5OS. The fourth-order valence-electron chi connectivity index (χ4n) is 3.32. The number of nitrogens with one attached hydrogen (secondary N) is 1. The normalized spacial score (nSPS) is 13.4. The topological polar surface area (TPSA) is 72.7 Å². The predicted octanol–water partition coefficient (Wildman–Crippen LogP) is 4.96. The van der Waals surface area contributed by atoms with E-state index in [1.165, 1.54) is 11.3 Å². The largest absolute Gasteiger partial charge is 0.344 e. The van der Waals surface area contributed by atoms with E-state index >= 15 is 0 Å². The maximum absolute atomic E-state index is 12.9. The lowest BCUT2D eigenvalue weighted by Gasteiger charge is -2.07. The molecular weight excluding hydrogens is 462 g/mol. The maximum Gasteiger partial charge on any atom is 0.274 e. The van der Waals surface area contributed by atoms with Gasteiger partial charge in [0.1, 0.15) is 5.01 Å². The zero-order valence-electron chi connectivity index (χ0n) is 16.0. The number of rotatable bonds is 6. The molecule has 6 nitrogen and oxygen atoms in total. The van der Waals surface area contributed by atoms with Gasteiger partial charge >= 0.3 is 0 Å². The molecule has 1 aliphatic carbocycles. The summed E-state index contributed by atoms with van der Waals surface area (Å²) in [6.07, 6.45) is 2.11. The van der Waals surface area contributed by atoms with Crippen molar-refractivity contribution >= 4 is 33.2 Å². The molecule has 1 N–H and O–H groups in total. The minimum absolute atomic E-state index is 0.211. The molecule has 0 unspecified atom stereocenters. The summed E-state index contributed by atoms with van der Waals surface area (Å²) >= 11 is 4.99. The molecule has 1 aliphatic rings. The summed E-state index contributed by atoms with van der Waals surface area (Å²) in [5, 5.41) is 14.3. The zero-order valence-corrected chi connectivity index (χ0v) is 18.4. The van der Waals surface area contributed by atoms with Crippen molar-refractivity contribution in [2.45, 2.75) is 25.3 Å². The fraction of sp³-hybridized carbons (Fsp3) is 0.182. The molecule has 8 heteroatoms. The van der Waals surface area contributed by atoms with Crippen LogP contribution >= 0.6 is 27.3 Å². The number of carbonyl (C=O) groups is 1. The quantitative estimate of drug-likeness (QED) is 0.424. The molecule has 2 aromatic carbocycles. The van der Waals surface area contributed by atoms with E-state index in [4.69, 9.17) is 0 Å². The SMILES string of the molecule is O=C(NCc1nc(-c2ccccc2)cs1)c1nnn(-c2ccc(Br)cc2)c1C1CC1. The van der Waals surface area contributed by atoms with E-state index in [0.717, 1.165) is 45.0 Å². The highest BCUT2D eigenvalue weighted by atomic mass is 79.9. The predicted molar refractivity (Wildman–Crippen MR) is 120 cm³/mol. The van der Waals surface area contributed by atoms with Crippen molar-refractivity contribution in [2.75, 3.05) is 0 Å². The van der Waals surface area contributed by atoms with Gasteiger partial charge in [-0.2, -0.15) is 0 Å². The molecule has 1 saturated carbocycles. The van der Waals surface area contributed by atoms with Crippen LogP contribution in [0.5, 0.6) is 0 Å². The van der Waals surface area contributed by atoms with Crippen LogP contribution in [0, 0.1) is 0 Å². The van der Waals surface area contributed by atoms with Gasteiger partial charge in [-0.05, 0) is 37.1 Å². The third kappa shape index (κ3) is 3.93. The van der Waals surface area contributed by atoms with Gasteiger partial charge in [0.15, 0.2) is 5.69 Å². The van der Waals surface area contributed by atoms with Gasteiger partial charge in [0.05, 0.1) is 23.6 Å². The summed E-state index contributed by atoms with van der Waals surface area (Å²) in [5.41, 5.74) is 4.18. The van der Waals surface area contributed by atoms with E-state index in [1.54, 1.807) is 4.68 Å². The van der Waals surface area contributed by atoms with E-state index < -0.39 is 0 Å². The highest BCUT2D eigenvalue weighted by molar-refractivity contribution is 9.10. The first-order valence-electron chi connectivity index (χ1n) is 9.68. The number of aromatic nitrogens is 4. The van der Waals surface area contributed by atoms with Gasteiger partial charge in [-0.15, -0.1) is 16.4 Å². The first kappa shape index (κ1) is 19.1. The monoisotopic (exact) mass is 479 g/mol. The second kappa shape index (κ2) is 8.12. The number of halogens is 1. The summed E-state index contributed by atoms with van der Waals surface area (Å²) in [6, 6.07) is 17.9. The Morgan fingerprint density at radius 1 is 1.13 bits per heavy atom. The highest BCUT2D eigenvalue weighted by Gasteiger charge is 2.34. The van der Waals surface area contributed by atoms with Crippen LogP contribution in [0.1, 0.15) is 39.9 Å². The number of amides is 1. The van der Waals surface area contributed by atoms with Gasteiger partial charge in [0, 0.05) is 21.3 Å². The smallest absolute Gasteiger partial charge is 0.274 e. The molecule has 30 heavy (non-hydrogen) atoms. The Labute approximate surface area is 186 Å². The van der Waals surface area contributed by atoms with Crippen molar-refractivity contribution in [1.82, 2.24) is 25.3 Å². The molecule has 0 radical (unpaired) electrons. The summed E-state index contributed by atoms with van der Waals surface area (Å²) < 4.78 is 2.78. The van der Waals surface area contributed by atoms with Gasteiger partial charge in [0.2, 0.25) is 0 Å². The lowest BCUT2D eigenvalue weighted by atomic mass is 10.2. The van der Waals surface area contributed by atoms with Crippen molar-refractivity contribution in [3.05, 3.63) is 80.8 Å². The summed E-state index contributed by atoms with van der Waals surface area (Å²) in [4.78, 5) is 17.5. The van der Waals surface area contributed by atoms with Gasteiger partial charge in [0.25, 0.3) is 5.91 Å². The standard InChI is InChI=1S/C22H18BrN5OS/c23-16-8-10-17(11-9-16)28-21(15-6-7-15)20(26-27-28)22(29)24-12-19-25-18(13-30-19)14-4-2-1-3-5-14/h1-5,8-11,13,15H,6-7,12H2,(H,24,29). The first-order valence-corrected chi connectivity index (χ1v) is 11.4. The maximum atomic E-state index is 12.9. The minimum atomic E-state index is -0.211. The Kier molecular flexibility index (Phi) is 5.18. The van der Waals surface area contributed by atoms with Gasteiger partial charge < -0.3 is 5.32 Å². The number of hydrogen-bond acceptors (Lipinski definition) is 5. The Morgan fingerprint density at radius 2 is 1.90 bits per heavy atom. The van der Waals surface area contributed by atoms with Crippen molar-refractivity contribution < 1.29 is 4.79 Å². The van der Waals surface area contributed by atoms with Crippen molar-refractivity contribution in [1.29, 1.82) is 0 Å². The van der Waals surface area contributed by atoms with E-state index in [-0.39, 0.29) is 5.91 Å². The molecule has 5 rings (SSSR count). The van der Waals surface area contributed by atoms with E-state index in [1.807, 2.05) is 60.0 Å². The zero-order chi connectivity index (χ0) is 20.5. The summed E-state index contributed by atoms with van der Waals surface area (Å²) in [6.45, 7) is 0.367. The van der Waals surface area contributed by atoms with E-state index in [2.05, 4.69) is 36.5 Å². The second-order valence-electron chi connectivity index (χ2n) is 7.16. The van der Waals surface area contributed by atoms with Gasteiger partial charge in [-0.25, -0.2) is 9.67 Å². The summed E-state index contributed by atoms with van der Waals surface area (Å²) in [7, 11) is 0. The van der Waals surface area contributed by atoms with Gasteiger partial charge in [-0.3, -0.25) is 4.79 Å². The number of thiazole rings is 1. The average Bonchev–Trinajstić information content (AvgIpc) is 3.33. The van der Waals surface area contributed by atoms with Crippen LogP contribution in [0.3, 0.4) is 0 Å². The van der Waals surface area contributed by atoms with Crippen LogP contribution in [0.25, 0.3) is 16.9 Å². The lowest BCUT2D eigenvalue weighted by Crippen LogP contribution is -2.24. The minimum Gasteiger partial charge on any atom is -0.344 e. The highest BCUT2D eigenvalue weighted by Crippen LogP contribution is 2.42. The van der Waals surface area contributed by atoms with Crippen molar-refractivity contribution in [2.24, 2.45) is 0 Å². The molecule has 0 bridgehead atoms. The Hall–Kier alpha value is -2.84. The molecule has 1 fully saturated rings. The second-order valence-corrected chi connectivity index (χ2v) is 9.02. The van der Waals surface area contributed by atoms with Gasteiger partial charge in [-0.1, -0.05) is 51.5 Å². The Bertz CT molecular complexity index is 1180. The molecule has 2 aromatic heterocycles. The van der Waals surface area contributed by atoms with Crippen LogP contribution in [0.2, 0.25) is 0 Å². The van der Waals surface area contributed by atoms with Crippen molar-refractivity contribution in [3.8, 4) is 16.9 Å². The third-order valence-electron chi connectivity index (χ3n) is 4.98. The summed E-state index contributed by atoms with van der Waals surface area (Å²) in [5.74, 6) is 0.116. The Balaban J connectivity index is 1.33. The molecule has 150 valence electrons. The molecule has 4 aromatic rings. The molecule has 1 amide bonds. The third-order valence-corrected chi connectivity index (χ3v) is 6.35. The van der Waals surface area contributed by atoms with E-state index in [0.29, 0.717) is 18.2 Å². The molecule has 2 heterocycles. The van der Waals surface area contributed by atoms with Crippen LogP contribution in [-0.2, 0) is 6.54 Å². The molecule has 0 spiro atoms.